The van der Waals surface area contributed by atoms with E-state index < -0.39 is 0 Å². The fourth-order valence-electron chi connectivity index (χ4n) is 2.36. The molecule has 7 heteroatoms. The lowest BCUT2D eigenvalue weighted by Crippen LogP contribution is -2.31. The molecule has 0 amide bonds. The second-order valence-corrected chi connectivity index (χ2v) is 6.42. The topological polar surface area (TPSA) is 64.1 Å². The number of benzene rings is 2. The van der Waals surface area contributed by atoms with Crippen molar-refractivity contribution < 1.29 is 14.2 Å². The third kappa shape index (κ3) is 7.08. The summed E-state index contributed by atoms with van der Waals surface area (Å²) < 4.78 is 16.1. The maximum atomic E-state index is 5.66. The predicted molar refractivity (Wildman–Crippen MR) is 117 cm³/mol. The van der Waals surface area contributed by atoms with Gasteiger partial charge in [-0.1, -0.05) is 25.5 Å². The fraction of sp³-hybridized carbons (Fsp3) is 0.333. The predicted octanol–water partition coefficient (Wildman–Crippen LogP) is 3.88. The monoisotopic (exact) mass is 401 g/mol. The van der Waals surface area contributed by atoms with Gasteiger partial charge >= 0.3 is 0 Å². The SMILES string of the molecule is CCCCOc1ccc(CNC(=S)NN=Cc2ccc(OC)c(OC)c2)cc1. The lowest BCUT2D eigenvalue weighted by molar-refractivity contribution is 0.309. The highest BCUT2D eigenvalue weighted by Gasteiger charge is 2.03. The van der Waals surface area contributed by atoms with E-state index in [9.17, 15) is 0 Å². The van der Waals surface area contributed by atoms with Crippen LogP contribution in [0.25, 0.3) is 0 Å². The van der Waals surface area contributed by atoms with Gasteiger partial charge in [-0.2, -0.15) is 5.10 Å². The standard InChI is InChI=1S/C21H27N3O3S/c1-4-5-12-27-18-9-6-16(7-10-18)14-22-21(28)24-23-15-17-8-11-19(25-2)20(13-17)26-3/h6-11,13,15H,4-5,12,14H2,1-3H3,(H2,22,24,28). The van der Waals surface area contributed by atoms with Crippen LogP contribution in [0.2, 0.25) is 0 Å². The number of methoxy groups -OCH3 is 2. The van der Waals surface area contributed by atoms with Crippen molar-refractivity contribution in [1.82, 2.24) is 10.7 Å². The van der Waals surface area contributed by atoms with Gasteiger partial charge in [0.2, 0.25) is 0 Å². The Labute approximate surface area is 171 Å². The molecule has 0 atom stereocenters. The Morgan fingerprint density at radius 3 is 2.50 bits per heavy atom. The molecule has 0 aliphatic carbocycles. The van der Waals surface area contributed by atoms with E-state index in [1.807, 2.05) is 42.5 Å². The van der Waals surface area contributed by atoms with Crippen LogP contribution in [0.3, 0.4) is 0 Å². The van der Waals surface area contributed by atoms with Crippen LogP contribution in [0, 0.1) is 0 Å². The van der Waals surface area contributed by atoms with Crippen molar-refractivity contribution in [3.8, 4) is 17.2 Å². The molecule has 0 aliphatic heterocycles. The number of hydrogen-bond acceptors (Lipinski definition) is 5. The number of nitrogens with zero attached hydrogens (tertiary/aromatic N) is 1. The molecular formula is C21H27N3O3S. The molecule has 0 radical (unpaired) electrons. The Morgan fingerprint density at radius 1 is 1.07 bits per heavy atom. The molecule has 0 saturated carbocycles. The second kappa shape index (κ2) is 11.8. The minimum absolute atomic E-state index is 0.444. The van der Waals surface area contributed by atoms with Gasteiger partial charge in [0, 0.05) is 6.54 Å². The van der Waals surface area contributed by atoms with Crippen LogP contribution in [-0.2, 0) is 6.54 Å². The zero-order valence-corrected chi connectivity index (χ0v) is 17.3. The van der Waals surface area contributed by atoms with Crippen LogP contribution in [0.4, 0.5) is 0 Å². The third-order valence-corrected chi connectivity index (χ3v) is 4.17. The highest BCUT2D eigenvalue weighted by Crippen LogP contribution is 2.26. The van der Waals surface area contributed by atoms with Crippen molar-refractivity contribution in [3.63, 3.8) is 0 Å². The van der Waals surface area contributed by atoms with Gasteiger partial charge in [0.25, 0.3) is 0 Å². The average Bonchev–Trinajstić information content (AvgIpc) is 2.73. The van der Waals surface area contributed by atoms with Crippen molar-refractivity contribution in [2.45, 2.75) is 26.3 Å². The molecule has 2 aromatic rings. The molecule has 0 aromatic heterocycles. The number of ether oxygens (including phenoxy) is 3. The first-order valence-electron chi connectivity index (χ1n) is 9.17. The molecule has 0 saturated heterocycles. The van der Waals surface area contributed by atoms with Crippen molar-refractivity contribution in [3.05, 3.63) is 53.6 Å². The summed E-state index contributed by atoms with van der Waals surface area (Å²) in [6.07, 6.45) is 3.85. The molecule has 0 fully saturated rings. The number of hydrogen-bond donors (Lipinski definition) is 2. The first kappa shape index (κ1) is 21.5. The summed E-state index contributed by atoms with van der Waals surface area (Å²) in [6, 6.07) is 13.5. The zero-order chi connectivity index (χ0) is 20.2. The largest absolute Gasteiger partial charge is 0.494 e. The van der Waals surface area contributed by atoms with E-state index in [1.54, 1.807) is 20.4 Å². The molecule has 2 N–H and O–H groups in total. The summed E-state index contributed by atoms with van der Waals surface area (Å²) in [5.41, 5.74) is 4.78. The molecule has 6 nitrogen and oxygen atoms in total. The molecule has 150 valence electrons. The Hall–Kier alpha value is -2.80. The average molecular weight is 402 g/mol. The number of thiocarbonyl (C=S) groups is 1. The Morgan fingerprint density at radius 2 is 1.82 bits per heavy atom. The van der Waals surface area contributed by atoms with Crippen molar-refractivity contribution >= 4 is 23.5 Å². The van der Waals surface area contributed by atoms with Gasteiger partial charge in [0.15, 0.2) is 16.6 Å². The molecule has 2 rings (SSSR count). The number of hydrazone groups is 1. The van der Waals surface area contributed by atoms with Gasteiger partial charge in [0.05, 0.1) is 27.0 Å². The molecule has 0 aliphatic rings. The smallest absolute Gasteiger partial charge is 0.187 e. The molecule has 0 spiro atoms. The third-order valence-electron chi connectivity index (χ3n) is 3.93. The van der Waals surface area contributed by atoms with Crippen LogP contribution >= 0.6 is 12.2 Å². The summed E-state index contributed by atoms with van der Waals surface area (Å²) in [4.78, 5) is 0. The Kier molecular flexibility index (Phi) is 9.07. The molecule has 0 unspecified atom stereocenters. The number of nitrogens with one attached hydrogen (secondary N) is 2. The Bertz CT molecular complexity index is 779. The first-order valence-corrected chi connectivity index (χ1v) is 9.57. The van der Waals surface area contributed by atoms with E-state index in [0.29, 0.717) is 23.2 Å². The van der Waals surface area contributed by atoms with Gasteiger partial charge in [0.1, 0.15) is 5.75 Å². The van der Waals surface area contributed by atoms with Crippen LogP contribution in [-0.4, -0.2) is 32.2 Å². The van der Waals surface area contributed by atoms with E-state index in [0.717, 1.165) is 36.3 Å². The highest BCUT2D eigenvalue weighted by molar-refractivity contribution is 7.80. The van der Waals surface area contributed by atoms with Gasteiger partial charge in [-0.15, -0.1) is 0 Å². The van der Waals surface area contributed by atoms with Crippen LogP contribution < -0.4 is 25.0 Å². The lowest BCUT2D eigenvalue weighted by Gasteiger charge is -2.09. The molecule has 28 heavy (non-hydrogen) atoms. The highest BCUT2D eigenvalue weighted by atomic mass is 32.1. The van der Waals surface area contributed by atoms with Crippen LogP contribution in [0.1, 0.15) is 30.9 Å². The molecular weight excluding hydrogens is 374 g/mol. The van der Waals surface area contributed by atoms with Gasteiger partial charge in [-0.05, 0) is 60.1 Å². The van der Waals surface area contributed by atoms with E-state index in [2.05, 4.69) is 22.8 Å². The normalized spacial score (nSPS) is 10.5. The minimum atomic E-state index is 0.444. The summed E-state index contributed by atoms with van der Waals surface area (Å²) in [5.74, 6) is 2.21. The van der Waals surface area contributed by atoms with E-state index >= 15 is 0 Å². The summed E-state index contributed by atoms with van der Waals surface area (Å²) >= 11 is 5.25. The summed E-state index contributed by atoms with van der Waals surface area (Å²) in [6.45, 7) is 3.50. The van der Waals surface area contributed by atoms with Crippen LogP contribution in [0.5, 0.6) is 17.2 Å². The Balaban J connectivity index is 1.77. The molecule has 0 heterocycles. The van der Waals surface area contributed by atoms with E-state index in [1.165, 1.54) is 0 Å². The minimum Gasteiger partial charge on any atom is -0.494 e. The second-order valence-electron chi connectivity index (χ2n) is 6.01. The lowest BCUT2D eigenvalue weighted by atomic mass is 10.2. The quantitative estimate of drug-likeness (QED) is 0.273. The van der Waals surface area contributed by atoms with E-state index in [4.69, 9.17) is 26.4 Å². The van der Waals surface area contributed by atoms with Crippen LogP contribution in [0.15, 0.2) is 47.6 Å². The van der Waals surface area contributed by atoms with Crippen molar-refractivity contribution in [2.24, 2.45) is 5.10 Å². The fourth-order valence-corrected chi connectivity index (χ4v) is 2.48. The summed E-state index contributed by atoms with van der Waals surface area (Å²) in [5, 5.41) is 7.71. The number of rotatable bonds is 10. The van der Waals surface area contributed by atoms with E-state index in [-0.39, 0.29) is 0 Å². The van der Waals surface area contributed by atoms with Crippen molar-refractivity contribution in [2.75, 3.05) is 20.8 Å². The first-order chi connectivity index (χ1) is 13.7. The number of unbranched alkanes of at least 4 members (excludes halogenated alkanes) is 1. The maximum Gasteiger partial charge on any atom is 0.187 e. The molecule has 2 aromatic carbocycles. The van der Waals surface area contributed by atoms with Gasteiger partial charge in [-0.25, -0.2) is 0 Å². The zero-order valence-electron chi connectivity index (χ0n) is 16.5. The van der Waals surface area contributed by atoms with Gasteiger partial charge in [-0.3, -0.25) is 5.43 Å². The maximum absolute atomic E-state index is 5.66. The van der Waals surface area contributed by atoms with Crippen molar-refractivity contribution in [1.29, 1.82) is 0 Å². The molecule has 0 bridgehead atoms. The summed E-state index contributed by atoms with van der Waals surface area (Å²) in [7, 11) is 3.20. The van der Waals surface area contributed by atoms with Gasteiger partial charge < -0.3 is 19.5 Å².